The lowest BCUT2D eigenvalue weighted by molar-refractivity contribution is -0.138. The van der Waals surface area contributed by atoms with Crippen LogP contribution >= 0.6 is 0 Å². The topological polar surface area (TPSA) is 77.7 Å². The Labute approximate surface area is 168 Å². The molecule has 29 heavy (non-hydrogen) atoms. The Balaban J connectivity index is 1.67. The third-order valence-electron chi connectivity index (χ3n) is 4.30. The molecule has 3 rings (SSSR count). The van der Waals surface area contributed by atoms with Gasteiger partial charge in [-0.25, -0.2) is 4.39 Å². The lowest BCUT2D eigenvalue weighted by Gasteiger charge is -2.22. The number of benzene rings is 2. The number of para-hydroxylation sites is 1. The third kappa shape index (κ3) is 4.90. The molecule has 0 radical (unpaired) electrons. The summed E-state index contributed by atoms with van der Waals surface area (Å²) in [5, 5.41) is 3.96. The maximum Gasteiger partial charge on any atom is 0.263 e. The van der Waals surface area contributed by atoms with Gasteiger partial charge in [0.15, 0.2) is 17.7 Å². The van der Waals surface area contributed by atoms with E-state index in [0.29, 0.717) is 18.0 Å². The van der Waals surface area contributed by atoms with Crippen LogP contribution in [0.3, 0.4) is 0 Å². The number of amides is 1. The van der Waals surface area contributed by atoms with Crippen LogP contribution in [0, 0.1) is 5.82 Å². The molecule has 0 saturated heterocycles. The third-order valence-corrected chi connectivity index (χ3v) is 4.30. The molecule has 1 heterocycles. The molecule has 3 aromatic rings. The van der Waals surface area contributed by atoms with Gasteiger partial charge in [-0.1, -0.05) is 36.3 Å². The summed E-state index contributed by atoms with van der Waals surface area (Å²) in [5.41, 5.74) is 0.739. The Morgan fingerprint density at radius 3 is 2.76 bits per heavy atom. The van der Waals surface area contributed by atoms with Crippen LogP contribution in [-0.4, -0.2) is 41.2 Å². The number of halogens is 1. The summed E-state index contributed by atoms with van der Waals surface area (Å²) in [6, 6.07) is 13.3. The summed E-state index contributed by atoms with van der Waals surface area (Å²) in [4.78, 5) is 18.5. The van der Waals surface area contributed by atoms with Gasteiger partial charge in [-0.2, -0.15) is 4.98 Å². The fraction of sp³-hybridized carbons (Fsp3) is 0.286. The van der Waals surface area contributed by atoms with Crippen LogP contribution in [-0.2, 0) is 11.3 Å². The number of ether oxygens (including phenoxy) is 2. The second-order valence-electron chi connectivity index (χ2n) is 6.38. The number of aromatic nitrogens is 2. The van der Waals surface area contributed by atoms with Gasteiger partial charge < -0.3 is 18.9 Å². The Kier molecular flexibility index (Phi) is 6.43. The molecule has 0 bridgehead atoms. The lowest BCUT2D eigenvalue weighted by Crippen LogP contribution is -2.39. The fourth-order valence-electron chi connectivity index (χ4n) is 2.73. The summed E-state index contributed by atoms with van der Waals surface area (Å²) in [6.07, 6.45) is -0.436. The van der Waals surface area contributed by atoms with Crippen molar-refractivity contribution in [3.05, 3.63) is 60.2 Å². The lowest BCUT2D eigenvalue weighted by atomic mass is 10.2. The molecule has 2 aromatic carbocycles. The Hall–Kier alpha value is -3.42. The minimum Gasteiger partial charge on any atom is -0.497 e. The molecule has 0 fully saturated rings. The van der Waals surface area contributed by atoms with Gasteiger partial charge in [0.05, 0.1) is 13.7 Å². The van der Waals surface area contributed by atoms with Crippen LogP contribution in [0.5, 0.6) is 11.5 Å². The zero-order valence-corrected chi connectivity index (χ0v) is 16.5. The molecule has 1 amide bonds. The van der Waals surface area contributed by atoms with E-state index in [-0.39, 0.29) is 24.1 Å². The van der Waals surface area contributed by atoms with Gasteiger partial charge >= 0.3 is 0 Å². The van der Waals surface area contributed by atoms with Crippen molar-refractivity contribution in [2.45, 2.75) is 26.0 Å². The van der Waals surface area contributed by atoms with Crippen LogP contribution in [0.2, 0.25) is 0 Å². The van der Waals surface area contributed by atoms with Gasteiger partial charge in [0.2, 0.25) is 11.7 Å². The van der Waals surface area contributed by atoms with Gasteiger partial charge in [-0.3, -0.25) is 4.79 Å². The standard InChI is InChI=1S/C21H22FN3O4/c1-4-17(28-18-11-6-5-10-16(18)22)21(26)25(2)13-19-23-20(24-29-19)14-8-7-9-15(12-14)27-3/h5-12,17H,4,13H2,1-3H3. The molecule has 0 saturated carbocycles. The molecule has 0 aliphatic heterocycles. The number of carbonyl (C=O) groups excluding carboxylic acids is 1. The predicted molar refractivity (Wildman–Crippen MR) is 104 cm³/mol. The number of carbonyl (C=O) groups is 1. The van der Waals surface area contributed by atoms with E-state index in [9.17, 15) is 9.18 Å². The molecular weight excluding hydrogens is 377 g/mol. The van der Waals surface area contributed by atoms with Crippen LogP contribution in [0.1, 0.15) is 19.2 Å². The van der Waals surface area contributed by atoms with Crippen LogP contribution < -0.4 is 9.47 Å². The number of hydrogen-bond donors (Lipinski definition) is 0. The fourth-order valence-corrected chi connectivity index (χ4v) is 2.73. The average molecular weight is 399 g/mol. The molecule has 0 aliphatic carbocycles. The van der Waals surface area contributed by atoms with Crippen LogP contribution in [0.25, 0.3) is 11.4 Å². The van der Waals surface area contributed by atoms with E-state index >= 15 is 0 Å². The van der Waals surface area contributed by atoms with Crippen molar-refractivity contribution >= 4 is 5.91 Å². The van der Waals surface area contributed by atoms with E-state index in [4.69, 9.17) is 14.0 Å². The molecule has 1 aromatic heterocycles. The summed E-state index contributed by atoms with van der Waals surface area (Å²) in [7, 11) is 3.18. The molecule has 0 aliphatic rings. The maximum atomic E-state index is 13.8. The minimum atomic E-state index is -0.822. The molecule has 152 valence electrons. The highest BCUT2D eigenvalue weighted by atomic mass is 19.1. The van der Waals surface area contributed by atoms with Crippen molar-refractivity contribution in [3.8, 4) is 22.9 Å². The number of hydrogen-bond acceptors (Lipinski definition) is 6. The first-order valence-corrected chi connectivity index (χ1v) is 9.15. The van der Waals surface area contributed by atoms with Crippen molar-refractivity contribution in [1.29, 1.82) is 0 Å². The second kappa shape index (κ2) is 9.18. The Bertz CT molecular complexity index is 976. The summed E-state index contributed by atoms with van der Waals surface area (Å²) in [6.45, 7) is 1.90. The van der Waals surface area contributed by atoms with Gasteiger partial charge in [-0.15, -0.1) is 0 Å². The van der Waals surface area contributed by atoms with Crippen LogP contribution in [0.4, 0.5) is 4.39 Å². The first-order valence-electron chi connectivity index (χ1n) is 9.15. The smallest absolute Gasteiger partial charge is 0.263 e. The van der Waals surface area contributed by atoms with Crippen molar-refractivity contribution < 1.29 is 23.2 Å². The van der Waals surface area contributed by atoms with E-state index in [1.165, 1.54) is 17.0 Å². The normalized spacial score (nSPS) is 11.7. The van der Waals surface area contributed by atoms with Crippen molar-refractivity contribution in [1.82, 2.24) is 15.0 Å². The predicted octanol–water partition coefficient (Wildman–Crippen LogP) is 3.70. The molecule has 0 N–H and O–H groups in total. The number of nitrogens with zero attached hydrogens (tertiary/aromatic N) is 3. The monoisotopic (exact) mass is 399 g/mol. The minimum absolute atomic E-state index is 0.0409. The highest BCUT2D eigenvalue weighted by molar-refractivity contribution is 5.81. The first kappa shape index (κ1) is 20.3. The molecule has 8 heteroatoms. The maximum absolute atomic E-state index is 13.8. The van der Waals surface area contributed by atoms with Gasteiger partial charge in [-0.05, 0) is 30.7 Å². The van der Waals surface area contributed by atoms with E-state index in [1.807, 2.05) is 18.2 Å². The van der Waals surface area contributed by atoms with Crippen LogP contribution in [0.15, 0.2) is 53.1 Å². The van der Waals surface area contributed by atoms with Crippen molar-refractivity contribution in [3.63, 3.8) is 0 Å². The Morgan fingerprint density at radius 2 is 2.03 bits per heavy atom. The number of rotatable bonds is 8. The van der Waals surface area contributed by atoms with Gasteiger partial charge in [0, 0.05) is 12.6 Å². The summed E-state index contributed by atoms with van der Waals surface area (Å²) < 4.78 is 29.9. The van der Waals surface area contributed by atoms with Gasteiger partial charge in [0.1, 0.15) is 5.75 Å². The van der Waals surface area contributed by atoms with E-state index in [1.54, 1.807) is 39.3 Å². The highest BCUT2D eigenvalue weighted by Crippen LogP contribution is 2.22. The molecule has 0 spiro atoms. The summed E-state index contributed by atoms with van der Waals surface area (Å²) >= 11 is 0. The highest BCUT2D eigenvalue weighted by Gasteiger charge is 2.25. The molecule has 7 nitrogen and oxygen atoms in total. The molecule has 1 atom stereocenters. The first-order chi connectivity index (χ1) is 14.0. The number of likely N-dealkylation sites (N-methyl/N-ethyl adjacent to an activating group) is 1. The van der Waals surface area contributed by atoms with Crippen molar-refractivity contribution in [2.24, 2.45) is 0 Å². The van der Waals surface area contributed by atoms with E-state index in [2.05, 4.69) is 10.1 Å². The molecule has 1 unspecified atom stereocenters. The van der Waals surface area contributed by atoms with Crippen molar-refractivity contribution in [2.75, 3.05) is 14.2 Å². The SMILES string of the molecule is CCC(Oc1ccccc1F)C(=O)N(C)Cc1nc(-c2cccc(OC)c2)no1. The number of methoxy groups -OCH3 is 1. The zero-order valence-electron chi connectivity index (χ0n) is 16.5. The summed E-state index contributed by atoms with van der Waals surface area (Å²) in [5.74, 6) is 0.573. The molecular formula is C21H22FN3O4. The van der Waals surface area contributed by atoms with Gasteiger partial charge in [0.25, 0.3) is 5.91 Å². The van der Waals surface area contributed by atoms with E-state index in [0.717, 1.165) is 5.56 Å². The quantitative estimate of drug-likeness (QED) is 0.575. The zero-order chi connectivity index (χ0) is 20.8. The van der Waals surface area contributed by atoms with E-state index < -0.39 is 11.9 Å². The largest absolute Gasteiger partial charge is 0.497 e. The Morgan fingerprint density at radius 1 is 1.24 bits per heavy atom. The second-order valence-corrected chi connectivity index (χ2v) is 6.38. The average Bonchev–Trinajstić information content (AvgIpc) is 3.21.